The van der Waals surface area contributed by atoms with Gasteiger partial charge in [-0.15, -0.1) is 0 Å². The van der Waals surface area contributed by atoms with Gasteiger partial charge in [0.2, 0.25) is 0 Å². The molecule has 0 spiro atoms. The second kappa shape index (κ2) is 5.72. The molecule has 0 amide bonds. The third-order valence-corrected chi connectivity index (χ3v) is 3.27. The molecule has 0 radical (unpaired) electrons. The van der Waals surface area contributed by atoms with Crippen molar-refractivity contribution in [3.8, 4) is 22.5 Å². The van der Waals surface area contributed by atoms with Crippen molar-refractivity contribution in [2.24, 2.45) is 0 Å². The number of hydrogen-bond acceptors (Lipinski definition) is 2. The molecule has 0 saturated carbocycles. The Morgan fingerprint density at radius 3 is 2.05 bits per heavy atom. The molecule has 1 aromatic heterocycles. The third-order valence-electron chi connectivity index (χ3n) is 3.27. The van der Waals surface area contributed by atoms with Gasteiger partial charge in [0.05, 0.1) is 24.3 Å². The highest BCUT2D eigenvalue weighted by Crippen LogP contribution is 2.30. The quantitative estimate of drug-likeness (QED) is 0.785. The summed E-state index contributed by atoms with van der Waals surface area (Å²) in [5.41, 5.74) is 4.19. The number of benzene rings is 2. The van der Waals surface area contributed by atoms with Gasteiger partial charge in [-0.3, -0.25) is 0 Å². The van der Waals surface area contributed by atoms with E-state index < -0.39 is 0 Å². The van der Waals surface area contributed by atoms with Gasteiger partial charge in [0.25, 0.3) is 0 Å². The molecule has 0 aliphatic carbocycles. The second-order valence-electron chi connectivity index (χ2n) is 4.59. The number of hydrogen-bond donors (Lipinski definition) is 1. The lowest BCUT2D eigenvalue weighted by molar-refractivity contribution is 0.276. The maximum Gasteiger partial charge on any atom is 0.0963 e. The van der Waals surface area contributed by atoms with E-state index >= 15 is 0 Å². The molecule has 0 unspecified atom stereocenters. The van der Waals surface area contributed by atoms with Crippen molar-refractivity contribution in [3.63, 3.8) is 0 Å². The van der Waals surface area contributed by atoms with Crippen molar-refractivity contribution in [1.29, 1.82) is 0 Å². The highest BCUT2D eigenvalue weighted by molar-refractivity contribution is 5.78. The highest BCUT2D eigenvalue weighted by atomic mass is 16.3. The SMILES string of the molecule is OCCn1cnc(-c2ccccc2)c1-c1ccccc1. The largest absolute Gasteiger partial charge is 0.395 e. The standard InChI is InChI=1S/C17H16N2O/c20-12-11-19-13-18-16(14-7-3-1-4-8-14)17(19)15-9-5-2-6-10-15/h1-10,13,20H,11-12H2. The minimum Gasteiger partial charge on any atom is -0.395 e. The van der Waals surface area contributed by atoms with Crippen LogP contribution in [0.3, 0.4) is 0 Å². The Labute approximate surface area is 118 Å². The van der Waals surface area contributed by atoms with Crippen molar-refractivity contribution in [2.45, 2.75) is 6.54 Å². The first kappa shape index (κ1) is 12.6. The Morgan fingerprint density at radius 1 is 0.850 bits per heavy atom. The predicted octanol–water partition coefficient (Wildman–Crippen LogP) is 3.21. The monoisotopic (exact) mass is 264 g/mol. The lowest BCUT2D eigenvalue weighted by atomic mass is 10.0. The molecular formula is C17H16N2O. The molecule has 0 aliphatic rings. The first-order chi connectivity index (χ1) is 9.90. The van der Waals surface area contributed by atoms with Crippen molar-refractivity contribution in [3.05, 3.63) is 67.0 Å². The Hall–Kier alpha value is -2.39. The van der Waals surface area contributed by atoms with Gasteiger partial charge >= 0.3 is 0 Å². The van der Waals surface area contributed by atoms with E-state index in [0.29, 0.717) is 6.54 Å². The van der Waals surface area contributed by atoms with Crippen LogP contribution in [0, 0.1) is 0 Å². The molecule has 0 aliphatic heterocycles. The molecule has 2 aromatic carbocycles. The van der Waals surface area contributed by atoms with Crippen LogP contribution in [-0.2, 0) is 6.54 Å². The van der Waals surface area contributed by atoms with E-state index in [1.165, 1.54) is 0 Å². The lowest BCUT2D eigenvalue weighted by Gasteiger charge is -2.09. The first-order valence-electron chi connectivity index (χ1n) is 6.67. The van der Waals surface area contributed by atoms with Gasteiger partial charge in [-0.2, -0.15) is 0 Å². The molecule has 3 aromatic rings. The number of aliphatic hydroxyl groups is 1. The fourth-order valence-corrected chi connectivity index (χ4v) is 2.37. The number of aliphatic hydroxyl groups excluding tert-OH is 1. The van der Waals surface area contributed by atoms with E-state index in [4.69, 9.17) is 0 Å². The molecule has 0 bridgehead atoms. The van der Waals surface area contributed by atoms with E-state index in [2.05, 4.69) is 29.2 Å². The van der Waals surface area contributed by atoms with Crippen molar-refractivity contribution >= 4 is 0 Å². The fourth-order valence-electron chi connectivity index (χ4n) is 2.37. The number of aromatic nitrogens is 2. The van der Waals surface area contributed by atoms with E-state index in [-0.39, 0.29) is 6.61 Å². The smallest absolute Gasteiger partial charge is 0.0963 e. The van der Waals surface area contributed by atoms with Gasteiger partial charge in [-0.05, 0) is 0 Å². The molecule has 100 valence electrons. The summed E-state index contributed by atoms with van der Waals surface area (Å²) in [5.74, 6) is 0. The Kier molecular flexibility index (Phi) is 3.61. The van der Waals surface area contributed by atoms with E-state index in [9.17, 15) is 5.11 Å². The molecule has 1 N–H and O–H groups in total. The van der Waals surface area contributed by atoms with Crippen LogP contribution in [0.4, 0.5) is 0 Å². The number of rotatable bonds is 4. The summed E-state index contributed by atoms with van der Waals surface area (Å²) in [7, 11) is 0. The van der Waals surface area contributed by atoms with Crippen LogP contribution >= 0.6 is 0 Å². The third kappa shape index (κ3) is 2.36. The average Bonchev–Trinajstić information content (AvgIpc) is 2.93. The molecule has 3 rings (SSSR count). The van der Waals surface area contributed by atoms with Crippen LogP contribution in [0.1, 0.15) is 0 Å². The minimum atomic E-state index is 0.102. The maximum atomic E-state index is 9.22. The topological polar surface area (TPSA) is 38.0 Å². The van der Waals surface area contributed by atoms with Crippen LogP contribution in [-0.4, -0.2) is 21.3 Å². The summed E-state index contributed by atoms with van der Waals surface area (Å²) >= 11 is 0. The highest BCUT2D eigenvalue weighted by Gasteiger charge is 2.14. The molecule has 1 heterocycles. The predicted molar refractivity (Wildman–Crippen MR) is 80.2 cm³/mol. The average molecular weight is 264 g/mol. The Balaban J connectivity index is 2.17. The summed E-state index contributed by atoms with van der Waals surface area (Å²) in [4.78, 5) is 4.53. The van der Waals surface area contributed by atoms with Crippen LogP contribution in [0.5, 0.6) is 0 Å². The van der Waals surface area contributed by atoms with Crippen LogP contribution in [0.25, 0.3) is 22.5 Å². The Morgan fingerprint density at radius 2 is 1.45 bits per heavy atom. The molecule has 0 saturated heterocycles. The summed E-state index contributed by atoms with van der Waals surface area (Å²) < 4.78 is 2.00. The molecule has 0 atom stereocenters. The van der Waals surface area contributed by atoms with Crippen LogP contribution < -0.4 is 0 Å². The zero-order chi connectivity index (χ0) is 13.8. The molecule has 3 heteroatoms. The van der Waals surface area contributed by atoms with Gasteiger partial charge in [0.1, 0.15) is 0 Å². The van der Waals surface area contributed by atoms with Gasteiger partial charge < -0.3 is 9.67 Å². The van der Waals surface area contributed by atoms with Crippen LogP contribution in [0.2, 0.25) is 0 Å². The number of nitrogens with zero attached hydrogens (tertiary/aromatic N) is 2. The van der Waals surface area contributed by atoms with Gasteiger partial charge in [0.15, 0.2) is 0 Å². The maximum absolute atomic E-state index is 9.22. The molecule has 3 nitrogen and oxygen atoms in total. The summed E-state index contributed by atoms with van der Waals surface area (Å²) in [6.45, 7) is 0.647. The zero-order valence-electron chi connectivity index (χ0n) is 11.1. The van der Waals surface area contributed by atoms with Gasteiger partial charge in [-0.25, -0.2) is 4.98 Å². The zero-order valence-corrected chi connectivity index (χ0v) is 11.1. The molecular weight excluding hydrogens is 248 g/mol. The van der Waals surface area contributed by atoms with E-state index in [0.717, 1.165) is 22.5 Å². The normalized spacial score (nSPS) is 10.7. The summed E-state index contributed by atoms with van der Waals surface area (Å²) in [6.07, 6.45) is 1.79. The fraction of sp³-hybridized carbons (Fsp3) is 0.118. The molecule has 20 heavy (non-hydrogen) atoms. The van der Waals surface area contributed by atoms with E-state index in [1.54, 1.807) is 6.33 Å². The van der Waals surface area contributed by atoms with Crippen molar-refractivity contribution < 1.29 is 5.11 Å². The summed E-state index contributed by atoms with van der Waals surface area (Å²) in [5, 5.41) is 9.22. The Bertz CT molecular complexity index is 675. The minimum absolute atomic E-state index is 0.102. The van der Waals surface area contributed by atoms with Crippen molar-refractivity contribution in [1.82, 2.24) is 9.55 Å². The van der Waals surface area contributed by atoms with Crippen LogP contribution in [0.15, 0.2) is 67.0 Å². The number of imidazole rings is 1. The second-order valence-corrected chi connectivity index (χ2v) is 4.59. The first-order valence-corrected chi connectivity index (χ1v) is 6.67. The summed E-state index contributed by atoms with van der Waals surface area (Å²) in [6, 6.07) is 20.3. The van der Waals surface area contributed by atoms with Gasteiger partial charge in [-0.1, -0.05) is 60.7 Å². The van der Waals surface area contributed by atoms with Gasteiger partial charge in [0, 0.05) is 17.7 Å². The lowest BCUT2D eigenvalue weighted by Crippen LogP contribution is -2.02. The van der Waals surface area contributed by atoms with Crippen molar-refractivity contribution in [2.75, 3.05) is 6.61 Å². The molecule has 0 fully saturated rings. The van der Waals surface area contributed by atoms with E-state index in [1.807, 2.05) is 41.0 Å².